The lowest BCUT2D eigenvalue weighted by Crippen LogP contribution is -2.40. The molecule has 3 N–H and O–H groups in total. The van der Waals surface area contributed by atoms with Crippen LogP contribution in [-0.2, 0) is 11.3 Å². The molecule has 112 valence electrons. The van der Waals surface area contributed by atoms with Crippen molar-refractivity contribution in [3.05, 3.63) is 29.3 Å². The van der Waals surface area contributed by atoms with E-state index < -0.39 is 11.6 Å². The Morgan fingerprint density at radius 1 is 1.43 bits per heavy atom. The molecule has 1 aliphatic rings. The summed E-state index contributed by atoms with van der Waals surface area (Å²) in [5.41, 5.74) is 6.04. The normalized spacial score (nSPS) is 16.8. The Morgan fingerprint density at radius 2 is 2.10 bits per heavy atom. The number of thiocarbonyl (C=S) groups is 1. The van der Waals surface area contributed by atoms with Crippen LogP contribution in [0.5, 0.6) is 5.75 Å². The molecular weight excluding hydrogens is 290 g/mol. The van der Waals surface area contributed by atoms with Gasteiger partial charge < -0.3 is 15.8 Å². The number of nitrogens with one attached hydrogen (secondary N) is 1. The molecule has 1 aromatic rings. The zero-order chi connectivity index (χ0) is 15.8. The van der Waals surface area contributed by atoms with Crippen LogP contribution in [0.3, 0.4) is 0 Å². The molecular formula is C14H17N3O3S. The van der Waals surface area contributed by atoms with E-state index in [2.05, 4.69) is 5.32 Å². The minimum atomic E-state index is -0.898. The van der Waals surface area contributed by atoms with Crippen molar-refractivity contribution in [1.29, 1.82) is 0 Å². The van der Waals surface area contributed by atoms with Crippen LogP contribution < -0.4 is 15.8 Å². The molecule has 0 radical (unpaired) electrons. The summed E-state index contributed by atoms with van der Waals surface area (Å²) in [6.45, 7) is 3.43. The first-order chi connectivity index (χ1) is 9.76. The highest BCUT2D eigenvalue weighted by atomic mass is 32.1. The lowest BCUT2D eigenvalue weighted by atomic mass is 10.1. The van der Waals surface area contributed by atoms with E-state index in [0.717, 1.165) is 4.90 Å². The van der Waals surface area contributed by atoms with Crippen molar-refractivity contribution in [1.82, 2.24) is 10.2 Å². The van der Waals surface area contributed by atoms with Gasteiger partial charge in [0, 0.05) is 11.1 Å². The highest BCUT2D eigenvalue weighted by Crippen LogP contribution is 2.25. The average Bonchev–Trinajstić information content (AvgIpc) is 2.60. The van der Waals surface area contributed by atoms with Crippen molar-refractivity contribution < 1.29 is 14.3 Å². The number of nitrogens with zero attached hydrogens (tertiary/aromatic N) is 1. The summed E-state index contributed by atoms with van der Waals surface area (Å²) < 4.78 is 5.26. The van der Waals surface area contributed by atoms with Gasteiger partial charge in [-0.1, -0.05) is 12.2 Å². The van der Waals surface area contributed by atoms with Crippen molar-refractivity contribution in [2.24, 2.45) is 5.73 Å². The molecule has 7 heteroatoms. The molecule has 1 aromatic carbocycles. The predicted molar refractivity (Wildman–Crippen MR) is 82.0 cm³/mol. The number of benzene rings is 1. The third kappa shape index (κ3) is 2.82. The molecule has 1 heterocycles. The van der Waals surface area contributed by atoms with Gasteiger partial charge in [0.2, 0.25) is 0 Å². The molecule has 0 bridgehead atoms. The van der Waals surface area contributed by atoms with Crippen molar-refractivity contribution >= 4 is 29.1 Å². The molecule has 1 aliphatic heterocycles. The van der Waals surface area contributed by atoms with Crippen LogP contribution in [0.2, 0.25) is 0 Å². The third-order valence-corrected chi connectivity index (χ3v) is 3.57. The van der Waals surface area contributed by atoms with E-state index in [1.807, 2.05) is 0 Å². The van der Waals surface area contributed by atoms with Crippen molar-refractivity contribution in [2.45, 2.75) is 25.9 Å². The fourth-order valence-electron chi connectivity index (χ4n) is 2.19. The minimum Gasteiger partial charge on any atom is -0.496 e. The summed E-state index contributed by atoms with van der Waals surface area (Å²) in [4.78, 5) is 25.5. The first kappa shape index (κ1) is 15.2. The average molecular weight is 307 g/mol. The van der Waals surface area contributed by atoms with Gasteiger partial charge in [0.1, 0.15) is 16.3 Å². The molecule has 0 saturated carbocycles. The molecule has 2 rings (SSSR count). The fraction of sp³-hybridized carbons (Fsp3) is 0.357. The zero-order valence-electron chi connectivity index (χ0n) is 12.1. The first-order valence-corrected chi connectivity index (χ1v) is 6.78. The van der Waals surface area contributed by atoms with Crippen LogP contribution in [0.1, 0.15) is 25.0 Å². The minimum absolute atomic E-state index is 0.105. The summed E-state index contributed by atoms with van der Waals surface area (Å²) in [5, 5.41) is 2.63. The van der Waals surface area contributed by atoms with E-state index in [9.17, 15) is 9.59 Å². The number of carbonyl (C=O) groups is 2. The van der Waals surface area contributed by atoms with Crippen LogP contribution in [0.25, 0.3) is 0 Å². The van der Waals surface area contributed by atoms with Crippen LogP contribution in [0.15, 0.2) is 18.2 Å². The lowest BCUT2D eigenvalue weighted by Gasteiger charge is -2.18. The number of hydrogen-bond donors (Lipinski definition) is 2. The Balaban J connectivity index is 2.35. The van der Waals surface area contributed by atoms with Gasteiger partial charge in [-0.2, -0.15) is 0 Å². The monoisotopic (exact) mass is 307 g/mol. The summed E-state index contributed by atoms with van der Waals surface area (Å²) in [5.74, 6) is 0.288. The maximum Gasteiger partial charge on any atom is 0.325 e. The Morgan fingerprint density at radius 3 is 2.57 bits per heavy atom. The molecule has 21 heavy (non-hydrogen) atoms. The summed E-state index contributed by atoms with van der Waals surface area (Å²) in [6, 6.07) is 4.76. The van der Waals surface area contributed by atoms with Crippen molar-refractivity contribution in [3.63, 3.8) is 0 Å². The van der Waals surface area contributed by atoms with E-state index in [4.69, 9.17) is 22.7 Å². The molecule has 6 nitrogen and oxygen atoms in total. The molecule has 0 spiro atoms. The van der Waals surface area contributed by atoms with Gasteiger partial charge in [0.25, 0.3) is 5.91 Å². The number of nitrogens with two attached hydrogens (primary N) is 1. The van der Waals surface area contributed by atoms with Crippen LogP contribution in [0.4, 0.5) is 4.79 Å². The highest BCUT2D eigenvalue weighted by molar-refractivity contribution is 7.80. The van der Waals surface area contributed by atoms with Crippen LogP contribution >= 0.6 is 12.2 Å². The Hall–Kier alpha value is -2.15. The van der Waals surface area contributed by atoms with Crippen molar-refractivity contribution in [2.75, 3.05) is 7.11 Å². The number of urea groups is 1. The smallest absolute Gasteiger partial charge is 0.325 e. The van der Waals surface area contributed by atoms with Gasteiger partial charge in [-0.25, -0.2) is 4.79 Å². The largest absolute Gasteiger partial charge is 0.496 e. The molecule has 1 saturated heterocycles. The first-order valence-electron chi connectivity index (χ1n) is 6.37. The number of carbonyl (C=O) groups excluding carboxylic acids is 2. The summed E-state index contributed by atoms with van der Waals surface area (Å²) >= 11 is 4.94. The number of amides is 3. The zero-order valence-corrected chi connectivity index (χ0v) is 12.9. The SMILES string of the molecule is COc1ccc(C(N)=S)cc1CN1C(=O)NC(C)(C)C1=O. The molecule has 3 amide bonds. The number of methoxy groups -OCH3 is 1. The third-order valence-electron chi connectivity index (χ3n) is 3.34. The lowest BCUT2D eigenvalue weighted by molar-refractivity contribution is -0.130. The van der Waals surface area contributed by atoms with E-state index in [1.165, 1.54) is 7.11 Å². The maximum absolute atomic E-state index is 12.2. The van der Waals surface area contributed by atoms with Gasteiger partial charge in [0.15, 0.2) is 0 Å². The Bertz CT molecular complexity index is 628. The summed E-state index contributed by atoms with van der Waals surface area (Å²) in [7, 11) is 1.52. The van der Waals surface area contributed by atoms with Gasteiger partial charge in [-0.05, 0) is 32.0 Å². The molecule has 0 aromatic heterocycles. The van der Waals surface area contributed by atoms with Crippen molar-refractivity contribution in [3.8, 4) is 5.75 Å². The Labute approximate surface area is 128 Å². The summed E-state index contributed by atoms with van der Waals surface area (Å²) in [6.07, 6.45) is 0. The van der Waals surface area contributed by atoms with Crippen LogP contribution in [0, 0.1) is 0 Å². The standard InChI is InChI=1S/C14H17N3O3S/c1-14(2)12(18)17(13(19)16-14)7-9-6-8(11(15)21)4-5-10(9)20-3/h4-6H,7H2,1-3H3,(H2,15,21)(H,16,19). The predicted octanol–water partition coefficient (Wildman–Crippen LogP) is 1.16. The number of imide groups is 1. The maximum atomic E-state index is 12.2. The quantitative estimate of drug-likeness (QED) is 0.644. The van der Waals surface area contributed by atoms with E-state index in [0.29, 0.717) is 16.9 Å². The number of hydrogen-bond acceptors (Lipinski definition) is 4. The molecule has 0 aliphatic carbocycles. The van der Waals surface area contributed by atoms with Gasteiger partial charge in [0.05, 0.1) is 13.7 Å². The van der Waals surface area contributed by atoms with Gasteiger partial charge in [-0.3, -0.25) is 9.69 Å². The number of rotatable bonds is 4. The highest BCUT2D eigenvalue weighted by Gasteiger charge is 2.44. The molecule has 0 unspecified atom stereocenters. The van der Waals surface area contributed by atoms with E-state index >= 15 is 0 Å². The topological polar surface area (TPSA) is 84.7 Å². The second kappa shape index (κ2) is 5.33. The molecule has 1 fully saturated rings. The van der Waals surface area contributed by atoms with Gasteiger partial charge >= 0.3 is 6.03 Å². The van der Waals surface area contributed by atoms with Crippen LogP contribution in [-0.4, -0.2) is 34.5 Å². The Kier molecular flexibility index (Phi) is 3.87. The second-order valence-electron chi connectivity index (χ2n) is 5.34. The second-order valence-corrected chi connectivity index (χ2v) is 5.78. The van der Waals surface area contributed by atoms with Gasteiger partial charge in [-0.15, -0.1) is 0 Å². The number of ether oxygens (including phenoxy) is 1. The van der Waals surface area contributed by atoms with E-state index in [-0.39, 0.29) is 17.4 Å². The fourth-order valence-corrected chi connectivity index (χ4v) is 2.31. The molecule has 0 atom stereocenters. The van der Waals surface area contributed by atoms with E-state index in [1.54, 1.807) is 32.0 Å².